The number of carbonyl (C=O) groups excluding carboxylic acids is 3. The molecule has 1 aliphatic heterocycles. The molecule has 0 spiro atoms. The summed E-state index contributed by atoms with van der Waals surface area (Å²) in [5, 5.41) is 22.6. The van der Waals surface area contributed by atoms with Crippen LogP contribution in [0.4, 0.5) is 0 Å². The molecule has 0 N–H and O–H groups in total. The normalized spacial score (nSPS) is 20.8. The molecule has 0 aromatic heterocycles. The summed E-state index contributed by atoms with van der Waals surface area (Å²) >= 11 is 0. The molecule has 1 heterocycles. The Labute approximate surface area is 260 Å². The van der Waals surface area contributed by atoms with Gasteiger partial charge in [-0.15, -0.1) is 0 Å². The van der Waals surface area contributed by atoms with Crippen LogP contribution in [0.1, 0.15) is 54.7 Å². The topological polar surface area (TPSA) is 157 Å². The molecule has 1 fully saturated rings. The van der Waals surface area contributed by atoms with Crippen molar-refractivity contribution in [1.82, 2.24) is 0 Å². The summed E-state index contributed by atoms with van der Waals surface area (Å²) in [6.45, 7) is 6.11. The van der Waals surface area contributed by atoms with Crippen molar-refractivity contribution in [3.63, 3.8) is 0 Å². The highest BCUT2D eigenvalue weighted by Crippen LogP contribution is 2.39. The van der Waals surface area contributed by atoms with Crippen molar-refractivity contribution >= 4 is 23.6 Å². The van der Waals surface area contributed by atoms with Crippen LogP contribution in [-0.2, 0) is 23.8 Å². The Bertz CT molecular complexity index is 1650. The SMILES string of the molecule is Cc1ccc(C(=O)OCC2O[C@H](/C(C#N)=N/OCC#N)[C@](C)(OC(=O)c3ccc(C)cc3)C2OC(=O)c2ccc(C)cc2)cc1. The van der Waals surface area contributed by atoms with E-state index in [0.717, 1.165) is 16.7 Å². The molecule has 11 nitrogen and oxygen atoms in total. The summed E-state index contributed by atoms with van der Waals surface area (Å²) in [5.74, 6) is -2.24. The molecule has 3 aromatic rings. The number of esters is 3. The number of nitriles is 2. The first kappa shape index (κ1) is 32.4. The molecular weight excluding hydrogens is 578 g/mol. The second-order valence-corrected chi connectivity index (χ2v) is 10.7. The van der Waals surface area contributed by atoms with Gasteiger partial charge in [-0.25, -0.2) is 14.4 Å². The number of aryl methyl sites for hydroxylation is 3. The van der Waals surface area contributed by atoms with E-state index >= 15 is 0 Å². The van der Waals surface area contributed by atoms with Crippen LogP contribution >= 0.6 is 0 Å². The lowest BCUT2D eigenvalue weighted by Gasteiger charge is -2.33. The fourth-order valence-electron chi connectivity index (χ4n) is 4.68. The third kappa shape index (κ3) is 7.71. The molecule has 4 rings (SSSR count). The fraction of sp³-hybridized carbons (Fsp3) is 0.294. The van der Waals surface area contributed by atoms with Crippen LogP contribution in [0.3, 0.4) is 0 Å². The highest BCUT2D eigenvalue weighted by atomic mass is 16.7. The van der Waals surface area contributed by atoms with Crippen molar-refractivity contribution in [2.45, 2.75) is 51.6 Å². The first-order chi connectivity index (χ1) is 21.5. The van der Waals surface area contributed by atoms with Gasteiger partial charge in [0.05, 0.1) is 16.7 Å². The largest absolute Gasteiger partial charge is 0.459 e. The van der Waals surface area contributed by atoms with Gasteiger partial charge in [0.2, 0.25) is 6.61 Å². The van der Waals surface area contributed by atoms with E-state index in [1.165, 1.54) is 6.92 Å². The van der Waals surface area contributed by atoms with E-state index in [0.29, 0.717) is 0 Å². The summed E-state index contributed by atoms with van der Waals surface area (Å²) in [4.78, 5) is 44.7. The van der Waals surface area contributed by atoms with Crippen molar-refractivity contribution in [3.05, 3.63) is 106 Å². The minimum Gasteiger partial charge on any atom is -0.459 e. The van der Waals surface area contributed by atoms with E-state index in [-0.39, 0.29) is 16.7 Å². The predicted octanol–water partition coefficient (Wildman–Crippen LogP) is 4.80. The summed E-state index contributed by atoms with van der Waals surface area (Å²) in [6, 6.07) is 23.5. The van der Waals surface area contributed by atoms with Crippen molar-refractivity contribution in [1.29, 1.82) is 10.5 Å². The first-order valence-electron chi connectivity index (χ1n) is 14.0. The van der Waals surface area contributed by atoms with Crippen molar-refractivity contribution in [3.8, 4) is 12.1 Å². The minimum atomic E-state index is -1.88. The van der Waals surface area contributed by atoms with Gasteiger partial charge in [-0.2, -0.15) is 10.5 Å². The molecule has 11 heteroatoms. The number of hydrogen-bond acceptors (Lipinski definition) is 11. The second kappa shape index (κ2) is 14.3. The Kier molecular flexibility index (Phi) is 10.3. The lowest BCUT2D eigenvalue weighted by Crippen LogP contribution is -2.53. The van der Waals surface area contributed by atoms with Gasteiger partial charge in [0, 0.05) is 0 Å². The zero-order valence-corrected chi connectivity index (χ0v) is 25.2. The maximum atomic E-state index is 13.5. The molecule has 0 saturated carbocycles. The zero-order valence-electron chi connectivity index (χ0n) is 25.2. The van der Waals surface area contributed by atoms with Gasteiger partial charge in [0.1, 0.15) is 24.8 Å². The van der Waals surface area contributed by atoms with Crippen LogP contribution in [0.25, 0.3) is 0 Å². The average Bonchev–Trinajstić information content (AvgIpc) is 3.29. The van der Waals surface area contributed by atoms with Gasteiger partial charge < -0.3 is 23.8 Å². The van der Waals surface area contributed by atoms with Gasteiger partial charge in [-0.3, -0.25) is 0 Å². The molecule has 230 valence electrons. The van der Waals surface area contributed by atoms with E-state index in [1.807, 2.05) is 26.8 Å². The molecule has 45 heavy (non-hydrogen) atoms. The van der Waals surface area contributed by atoms with Crippen molar-refractivity contribution in [2.75, 3.05) is 13.2 Å². The standard InChI is InChI=1S/C34H31N3O8/c1-21-5-11-24(12-6-21)31(38)41-20-28-30(44-32(39)25-13-7-22(2)8-14-25)34(4,29(43-28)27(19-36)37-42-18-17-35)45-33(40)26-15-9-23(3)10-16-26/h5-16,28-30H,18,20H2,1-4H3/b37-27+/t28?,29-,30?,34+/m1/s1. The van der Waals surface area contributed by atoms with Crippen LogP contribution in [-0.4, -0.2) is 60.7 Å². The van der Waals surface area contributed by atoms with Crippen LogP contribution in [0, 0.1) is 43.4 Å². The van der Waals surface area contributed by atoms with Gasteiger partial charge in [0.25, 0.3) is 0 Å². The Balaban J connectivity index is 1.73. The van der Waals surface area contributed by atoms with E-state index in [2.05, 4.69) is 5.16 Å². The second-order valence-electron chi connectivity index (χ2n) is 10.7. The number of ether oxygens (including phenoxy) is 4. The lowest BCUT2D eigenvalue weighted by molar-refractivity contribution is -0.0794. The number of oxime groups is 1. The minimum absolute atomic E-state index is 0.189. The van der Waals surface area contributed by atoms with Gasteiger partial charge >= 0.3 is 17.9 Å². The van der Waals surface area contributed by atoms with E-state index in [9.17, 15) is 19.6 Å². The Morgan fingerprint density at radius 3 is 1.78 bits per heavy atom. The van der Waals surface area contributed by atoms with Crippen molar-refractivity contribution < 1.29 is 38.2 Å². The van der Waals surface area contributed by atoms with Crippen LogP contribution in [0.15, 0.2) is 78.0 Å². The molecule has 0 aliphatic carbocycles. The van der Waals surface area contributed by atoms with Gasteiger partial charge in [-0.1, -0.05) is 58.2 Å². The molecule has 0 amide bonds. The van der Waals surface area contributed by atoms with E-state index < -0.39 is 60.7 Å². The molecule has 1 aliphatic rings. The smallest absolute Gasteiger partial charge is 0.338 e. The quantitative estimate of drug-likeness (QED) is 0.103. The van der Waals surface area contributed by atoms with Crippen LogP contribution in [0.5, 0.6) is 0 Å². The highest BCUT2D eigenvalue weighted by molar-refractivity contribution is 6.03. The number of benzene rings is 3. The number of nitrogens with zero attached hydrogens (tertiary/aromatic N) is 3. The number of hydrogen-bond donors (Lipinski definition) is 0. The Morgan fingerprint density at radius 2 is 1.29 bits per heavy atom. The monoisotopic (exact) mass is 609 g/mol. The molecule has 1 saturated heterocycles. The average molecular weight is 610 g/mol. The summed E-state index contributed by atoms with van der Waals surface area (Å²) in [6.07, 6.45) is -4.07. The van der Waals surface area contributed by atoms with E-state index in [1.54, 1.807) is 78.9 Å². The number of carbonyl (C=O) groups is 3. The number of rotatable bonds is 10. The van der Waals surface area contributed by atoms with E-state index in [4.69, 9.17) is 29.0 Å². The first-order valence-corrected chi connectivity index (χ1v) is 14.0. The third-order valence-electron chi connectivity index (χ3n) is 7.18. The summed E-state index contributed by atoms with van der Waals surface area (Å²) in [7, 11) is 0. The molecule has 0 bridgehead atoms. The van der Waals surface area contributed by atoms with Gasteiger partial charge in [-0.05, 0) is 64.1 Å². The summed E-state index contributed by atoms with van der Waals surface area (Å²) in [5.41, 5.74) is 1.18. The highest BCUT2D eigenvalue weighted by Gasteiger charge is 2.61. The molecule has 3 aromatic carbocycles. The lowest BCUT2D eigenvalue weighted by atomic mass is 9.89. The maximum absolute atomic E-state index is 13.5. The molecule has 4 atom stereocenters. The molecule has 2 unspecified atom stereocenters. The van der Waals surface area contributed by atoms with Gasteiger partial charge in [0.15, 0.2) is 23.5 Å². The van der Waals surface area contributed by atoms with Crippen LogP contribution in [0.2, 0.25) is 0 Å². The fourth-order valence-corrected chi connectivity index (χ4v) is 4.68. The Morgan fingerprint density at radius 1 is 0.800 bits per heavy atom. The maximum Gasteiger partial charge on any atom is 0.338 e. The third-order valence-corrected chi connectivity index (χ3v) is 7.18. The molecule has 0 radical (unpaired) electrons. The summed E-state index contributed by atoms with van der Waals surface area (Å²) < 4.78 is 23.6. The molecular formula is C34H31N3O8. The van der Waals surface area contributed by atoms with Crippen molar-refractivity contribution in [2.24, 2.45) is 5.16 Å². The zero-order chi connectivity index (χ0) is 32.6. The predicted molar refractivity (Wildman–Crippen MR) is 160 cm³/mol. The van der Waals surface area contributed by atoms with Crippen LogP contribution < -0.4 is 0 Å². The Hall–Kier alpha value is -5.52.